The fraction of sp³-hybridized carbons (Fsp3) is 0.250. The average Bonchev–Trinajstić information content (AvgIpc) is 2.65. The molecule has 0 amide bonds. The summed E-state index contributed by atoms with van der Waals surface area (Å²) in [6.45, 7) is 4.42. The molecule has 0 radical (unpaired) electrons. The number of phenolic OH excluding ortho intramolecular Hbond substituents is 2. The van der Waals surface area contributed by atoms with Crippen molar-refractivity contribution in [3.63, 3.8) is 0 Å². The van der Waals surface area contributed by atoms with E-state index in [0.717, 1.165) is 25.7 Å². The molecule has 2 aromatic carbocycles. The van der Waals surface area contributed by atoms with Crippen molar-refractivity contribution in [3.05, 3.63) is 94.1 Å². The second kappa shape index (κ2) is 8.09. The Balaban J connectivity index is 1.74. The third-order valence-electron chi connectivity index (χ3n) is 5.05. The Kier molecular flexibility index (Phi) is 5.62. The number of allylic oxidation sites excluding steroid dienone is 6. The molecule has 0 unspecified atom stereocenters. The maximum absolute atomic E-state index is 9.43. The molecule has 3 rings (SSSR count). The summed E-state index contributed by atoms with van der Waals surface area (Å²) in [7, 11) is 0. The van der Waals surface area contributed by atoms with E-state index in [4.69, 9.17) is 0 Å². The van der Waals surface area contributed by atoms with Crippen LogP contribution in [0.15, 0.2) is 83.0 Å². The maximum Gasteiger partial charge on any atom is 0.115 e. The van der Waals surface area contributed by atoms with Crippen LogP contribution < -0.4 is 0 Å². The number of hydrogen-bond donors (Lipinski definition) is 2. The van der Waals surface area contributed by atoms with E-state index in [1.807, 2.05) is 24.3 Å². The Morgan fingerprint density at radius 3 is 1.81 bits per heavy atom. The molecule has 2 nitrogen and oxygen atoms in total. The number of aromatic hydroxyl groups is 2. The molecule has 0 saturated heterocycles. The molecule has 2 N–H and O–H groups in total. The van der Waals surface area contributed by atoms with Crippen LogP contribution in [0.25, 0.3) is 0 Å². The maximum atomic E-state index is 9.43. The zero-order valence-corrected chi connectivity index (χ0v) is 15.5. The molecule has 0 fully saturated rings. The molecule has 0 saturated carbocycles. The lowest BCUT2D eigenvalue weighted by molar-refractivity contribution is 0.474. The molecular weight excluding hydrogens is 320 g/mol. The summed E-state index contributed by atoms with van der Waals surface area (Å²) in [5, 5.41) is 18.9. The summed E-state index contributed by atoms with van der Waals surface area (Å²) in [5.41, 5.74) is 8.12. The van der Waals surface area contributed by atoms with Crippen LogP contribution in [0.2, 0.25) is 0 Å². The average molecular weight is 346 g/mol. The Morgan fingerprint density at radius 1 is 0.769 bits per heavy atom. The first-order chi connectivity index (χ1) is 12.5. The summed E-state index contributed by atoms with van der Waals surface area (Å²) in [6.07, 6.45) is 8.37. The predicted molar refractivity (Wildman–Crippen MR) is 107 cm³/mol. The van der Waals surface area contributed by atoms with Crippen LogP contribution in [-0.4, -0.2) is 10.2 Å². The fourth-order valence-corrected chi connectivity index (χ4v) is 3.40. The van der Waals surface area contributed by atoms with Crippen LogP contribution in [0, 0.1) is 0 Å². The van der Waals surface area contributed by atoms with E-state index >= 15 is 0 Å². The molecule has 1 aliphatic carbocycles. The molecule has 0 atom stereocenters. The summed E-state index contributed by atoms with van der Waals surface area (Å²) in [4.78, 5) is 0. The highest BCUT2D eigenvalue weighted by molar-refractivity contribution is 5.40. The number of hydrogen-bond acceptors (Lipinski definition) is 2. The summed E-state index contributed by atoms with van der Waals surface area (Å²) in [6, 6.07) is 14.9. The van der Waals surface area contributed by atoms with Gasteiger partial charge in [0.25, 0.3) is 0 Å². The zero-order valence-electron chi connectivity index (χ0n) is 15.5. The van der Waals surface area contributed by atoms with Crippen molar-refractivity contribution < 1.29 is 10.2 Å². The Bertz CT molecular complexity index is 850. The minimum absolute atomic E-state index is 0.312. The minimum atomic E-state index is 0.312. The van der Waals surface area contributed by atoms with Crippen molar-refractivity contribution in [3.8, 4) is 11.5 Å². The normalized spacial score (nSPS) is 17.9. The van der Waals surface area contributed by atoms with Crippen molar-refractivity contribution in [2.75, 3.05) is 0 Å². The minimum Gasteiger partial charge on any atom is -0.508 e. The first-order valence-corrected chi connectivity index (χ1v) is 9.10. The second-order valence-electron chi connectivity index (χ2n) is 7.16. The SMILES string of the molecule is CC(Cc1ccc(O)cc1)=C1C=CCC(=C(C)Cc2ccc(O)cc2)C1. The van der Waals surface area contributed by atoms with Gasteiger partial charge in [0.1, 0.15) is 11.5 Å². The van der Waals surface area contributed by atoms with Gasteiger partial charge in [-0.2, -0.15) is 0 Å². The van der Waals surface area contributed by atoms with E-state index in [2.05, 4.69) is 26.0 Å². The summed E-state index contributed by atoms with van der Waals surface area (Å²) < 4.78 is 0. The second-order valence-corrected chi connectivity index (χ2v) is 7.16. The van der Waals surface area contributed by atoms with Crippen LogP contribution in [0.1, 0.15) is 37.8 Å². The summed E-state index contributed by atoms with van der Waals surface area (Å²) in [5.74, 6) is 0.626. The van der Waals surface area contributed by atoms with Gasteiger partial charge in [-0.25, -0.2) is 0 Å². The van der Waals surface area contributed by atoms with Gasteiger partial charge in [0.15, 0.2) is 0 Å². The Morgan fingerprint density at radius 2 is 1.27 bits per heavy atom. The molecule has 1 aliphatic rings. The Labute approximate surface area is 155 Å². The third kappa shape index (κ3) is 4.66. The highest BCUT2D eigenvalue weighted by Gasteiger charge is 2.11. The van der Waals surface area contributed by atoms with Gasteiger partial charge in [0.2, 0.25) is 0 Å². The molecule has 2 aromatic rings. The van der Waals surface area contributed by atoms with Gasteiger partial charge in [-0.15, -0.1) is 0 Å². The number of rotatable bonds is 4. The lowest BCUT2D eigenvalue weighted by atomic mass is 9.87. The number of benzene rings is 2. The van der Waals surface area contributed by atoms with Crippen LogP contribution in [-0.2, 0) is 12.8 Å². The number of phenols is 2. The smallest absolute Gasteiger partial charge is 0.115 e. The molecule has 2 heteroatoms. The van der Waals surface area contributed by atoms with Crippen LogP contribution >= 0.6 is 0 Å². The van der Waals surface area contributed by atoms with E-state index in [-0.39, 0.29) is 0 Å². The predicted octanol–water partition coefficient (Wildman–Crippen LogP) is 5.87. The van der Waals surface area contributed by atoms with Crippen LogP contribution in [0.4, 0.5) is 0 Å². The Hall–Kier alpha value is -2.74. The first-order valence-electron chi connectivity index (χ1n) is 9.10. The first kappa shape index (κ1) is 18.1. The van der Waals surface area contributed by atoms with Gasteiger partial charge in [0, 0.05) is 0 Å². The highest BCUT2D eigenvalue weighted by atomic mass is 16.3. The zero-order chi connectivity index (χ0) is 18.5. The standard InChI is InChI=1S/C24H26O2/c1-17(14-19-6-10-23(25)11-7-19)21-4-3-5-22(16-21)18(2)15-20-8-12-24(26)13-9-20/h3-4,6-13,25-26H,5,14-16H2,1-2H3. The lowest BCUT2D eigenvalue weighted by Crippen LogP contribution is -2.01. The molecule has 0 bridgehead atoms. The molecule has 0 spiro atoms. The highest BCUT2D eigenvalue weighted by Crippen LogP contribution is 2.29. The van der Waals surface area contributed by atoms with Crippen molar-refractivity contribution in [1.82, 2.24) is 0 Å². The van der Waals surface area contributed by atoms with Crippen LogP contribution in [0.3, 0.4) is 0 Å². The van der Waals surface area contributed by atoms with Gasteiger partial charge < -0.3 is 10.2 Å². The van der Waals surface area contributed by atoms with E-state index < -0.39 is 0 Å². The van der Waals surface area contributed by atoms with Crippen LogP contribution in [0.5, 0.6) is 11.5 Å². The van der Waals surface area contributed by atoms with Crippen molar-refractivity contribution in [2.24, 2.45) is 0 Å². The fourth-order valence-electron chi connectivity index (χ4n) is 3.40. The van der Waals surface area contributed by atoms with Crippen molar-refractivity contribution >= 4 is 0 Å². The molecule has 0 heterocycles. The summed E-state index contributed by atoms with van der Waals surface area (Å²) >= 11 is 0. The lowest BCUT2D eigenvalue weighted by Gasteiger charge is -2.18. The van der Waals surface area contributed by atoms with Gasteiger partial charge in [-0.3, -0.25) is 0 Å². The van der Waals surface area contributed by atoms with Gasteiger partial charge in [-0.1, -0.05) is 53.1 Å². The van der Waals surface area contributed by atoms with Gasteiger partial charge in [0.05, 0.1) is 0 Å². The molecule has 0 aliphatic heterocycles. The third-order valence-corrected chi connectivity index (χ3v) is 5.05. The quantitative estimate of drug-likeness (QED) is 0.680. The molecule has 26 heavy (non-hydrogen) atoms. The van der Waals surface area contributed by atoms with Crippen molar-refractivity contribution in [2.45, 2.75) is 39.5 Å². The molecule has 0 aromatic heterocycles. The molecular formula is C24H26O2. The van der Waals surface area contributed by atoms with Crippen molar-refractivity contribution in [1.29, 1.82) is 0 Å². The molecule has 134 valence electrons. The van der Waals surface area contributed by atoms with E-state index in [1.54, 1.807) is 24.3 Å². The van der Waals surface area contributed by atoms with Gasteiger partial charge in [-0.05, 0) is 80.5 Å². The monoisotopic (exact) mass is 346 g/mol. The largest absolute Gasteiger partial charge is 0.508 e. The van der Waals surface area contributed by atoms with E-state index in [0.29, 0.717) is 11.5 Å². The van der Waals surface area contributed by atoms with E-state index in [9.17, 15) is 10.2 Å². The van der Waals surface area contributed by atoms with E-state index in [1.165, 1.54) is 33.4 Å². The topological polar surface area (TPSA) is 40.5 Å². The van der Waals surface area contributed by atoms with Gasteiger partial charge >= 0.3 is 0 Å².